The molecule has 2 fully saturated rings. The Morgan fingerprint density at radius 1 is 1.12 bits per heavy atom. The van der Waals surface area contributed by atoms with Crippen LogP contribution in [0.5, 0.6) is 0 Å². The molecule has 3 rings (SSSR count). The zero-order valence-electron chi connectivity index (χ0n) is 16.1. The Morgan fingerprint density at radius 3 is 2.35 bits per heavy atom. The minimum Gasteiger partial charge on any atom is -0.352 e. The van der Waals surface area contributed by atoms with Crippen molar-refractivity contribution in [2.24, 2.45) is 5.92 Å². The van der Waals surface area contributed by atoms with Gasteiger partial charge in [0.25, 0.3) is 0 Å². The van der Waals surface area contributed by atoms with E-state index in [9.17, 15) is 9.18 Å². The molecule has 0 saturated carbocycles. The molecule has 2 aliphatic heterocycles. The predicted molar refractivity (Wildman–Crippen MR) is 102 cm³/mol. The topological polar surface area (TPSA) is 35.6 Å². The molecule has 0 bridgehead atoms. The minimum absolute atomic E-state index is 0.171. The standard InChI is InChI=1S/C21H32FN3O/c1-16-7-11-24(12-8-16)15-21(26)23-20-9-13-25(14-10-20)17(2)18-3-5-19(22)6-4-18/h3-6,16-17,20H,7-15H2,1-2H3,(H,23,26). The van der Waals surface area contributed by atoms with Gasteiger partial charge >= 0.3 is 0 Å². The van der Waals surface area contributed by atoms with Gasteiger partial charge in [0.15, 0.2) is 0 Å². The van der Waals surface area contributed by atoms with E-state index < -0.39 is 0 Å². The average Bonchev–Trinajstić information content (AvgIpc) is 2.64. The summed E-state index contributed by atoms with van der Waals surface area (Å²) in [5.74, 6) is 0.775. The maximum absolute atomic E-state index is 13.1. The number of nitrogens with zero attached hydrogens (tertiary/aromatic N) is 2. The number of carbonyl (C=O) groups is 1. The van der Waals surface area contributed by atoms with Crippen LogP contribution < -0.4 is 5.32 Å². The van der Waals surface area contributed by atoms with Crippen LogP contribution in [0.3, 0.4) is 0 Å². The molecule has 0 spiro atoms. The van der Waals surface area contributed by atoms with Crippen LogP contribution >= 0.6 is 0 Å². The number of likely N-dealkylation sites (tertiary alicyclic amines) is 2. The van der Waals surface area contributed by atoms with Crippen LogP contribution in [-0.4, -0.2) is 54.5 Å². The van der Waals surface area contributed by atoms with Gasteiger partial charge in [0.2, 0.25) is 5.91 Å². The second-order valence-electron chi connectivity index (χ2n) is 8.06. The van der Waals surface area contributed by atoms with Crippen LogP contribution in [0.25, 0.3) is 0 Å². The summed E-state index contributed by atoms with van der Waals surface area (Å²) in [6, 6.07) is 7.35. The van der Waals surface area contributed by atoms with Gasteiger partial charge in [-0.25, -0.2) is 4.39 Å². The van der Waals surface area contributed by atoms with E-state index in [2.05, 4.69) is 29.0 Å². The highest BCUT2D eigenvalue weighted by molar-refractivity contribution is 5.78. The molecular weight excluding hydrogens is 329 g/mol. The summed E-state index contributed by atoms with van der Waals surface area (Å²) in [5.41, 5.74) is 1.15. The number of carbonyl (C=O) groups excluding carboxylic acids is 1. The van der Waals surface area contributed by atoms with Crippen molar-refractivity contribution in [1.29, 1.82) is 0 Å². The zero-order valence-corrected chi connectivity index (χ0v) is 16.1. The molecule has 5 heteroatoms. The Hall–Kier alpha value is -1.46. The number of nitrogens with one attached hydrogen (secondary N) is 1. The van der Waals surface area contributed by atoms with Crippen LogP contribution in [0, 0.1) is 11.7 Å². The number of benzene rings is 1. The zero-order chi connectivity index (χ0) is 18.5. The second kappa shape index (κ2) is 8.96. The van der Waals surface area contributed by atoms with Crippen molar-refractivity contribution in [3.05, 3.63) is 35.6 Å². The Balaban J connectivity index is 1.40. The molecule has 4 nitrogen and oxygen atoms in total. The third-order valence-corrected chi connectivity index (χ3v) is 6.04. The summed E-state index contributed by atoms with van der Waals surface area (Å²) in [6.45, 7) is 9.01. The minimum atomic E-state index is -0.189. The number of hydrogen-bond donors (Lipinski definition) is 1. The lowest BCUT2D eigenvalue weighted by atomic mass is 9.99. The third kappa shape index (κ3) is 5.27. The lowest BCUT2D eigenvalue weighted by Gasteiger charge is -2.37. The van der Waals surface area contributed by atoms with Gasteiger partial charge < -0.3 is 5.32 Å². The maximum atomic E-state index is 13.1. The molecule has 0 aliphatic carbocycles. The molecule has 1 atom stereocenters. The number of piperidine rings is 2. The predicted octanol–water partition coefficient (Wildman–Crippen LogP) is 3.20. The number of halogens is 1. The fourth-order valence-corrected chi connectivity index (χ4v) is 4.08. The van der Waals surface area contributed by atoms with Crippen LogP contribution in [0.1, 0.15) is 51.1 Å². The van der Waals surface area contributed by atoms with Crippen molar-refractivity contribution in [2.45, 2.75) is 51.6 Å². The lowest BCUT2D eigenvalue weighted by Crippen LogP contribution is -2.48. The van der Waals surface area contributed by atoms with Gasteiger partial charge in [-0.05, 0) is 69.3 Å². The third-order valence-electron chi connectivity index (χ3n) is 6.04. The van der Waals surface area contributed by atoms with Crippen molar-refractivity contribution in [2.75, 3.05) is 32.7 Å². The van der Waals surface area contributed by atoms with E-state index in [0.717, 1.165) is 50.5 Å². The lowest BCUT2D eigenvalue weighted by molar-refractivity contribution is -0.123. The normalized spacial score (nSPS) is 22.3. The van der Waals surface area contributed by atoms with Crippen molar-refractivity contribution in [3.63, 3.8) is 0 Å². The summed E-state index contributed by atoms with van der Waals surface area (Å²) < 4.78 is 13.1. The molecule has 1 aromatic rings. The average molecular weight is 362 g/mol. The van der Waals surface area contributed by atoms with E-state index in [1.54, 1.807) is 0 Å². The summed E-state index contributed by atoms with van der Waals surface area (Å²) >= 11 is 0. The first-order valence-electron chi connectivity index (χ1n) is 10.0. The molecule has 1 unspecified atom stereocenters. The molecule has 26 heavy (non-hydrogen) atoms. The Bertz CT molecular complexity index is 575. The Morgan fingerprint density at radius 2 is 1.73 bits per heavy atom. The van der Waals surface area contributed by atoms with Crippen molar-refractivity contribution in [1.82, 2.24) is 15.1 Å². The summed E-state index contributed by atoms with van der Waals surface area (Å²) in [7, 11) is 0. The first-order valence-corrected chi connectivity index (χ1v) is 10.0. The van der Waals surface area contributed by atoms with Crippen molar-refractivity contribution >= 4 is 5.91 Å². The van der Waals surface area contributed by atoms with Gasteiger partial charge in [-0.1, -0.05) is 19.1 Å². The highest BCUT2D eigenvalue weighted by Gasteiger charge is 2.25. The molecule has 0 radical (unpaired) electrons. The Kier molecular flexibility index (Phi) is 6.65. The molecule has 144 valence electrons. The molecule has 2 heterocycles. The van der Waals surface area contributed by atoms with Crippen molar-refractivity contribution in [3.8, 4) is 0 Å². The number of hydrogen-bond acceptors (Lipinski definition) is 3. The molecule has 2 aliphatic rings. The van der Waals surface area contributed by atoms with Gasteiger partial charge in [0, 0.05) is 25.2 Å². The molecule has 0 aromatic heterocycles. The smallest absolute Gasteiger partial charge is 0.234 e. The fourth-order valence-electron chi connectivity index (χ4n) is 4.08. The van der Waals surface area contributed by atoms with Crippen LogP contribution in [-0.2, 0) is 4.79 Å². The molecule has 1 amide bonds. The van der Waals surface area contributed by atoms with Gasteiger partial charge in [-0.2, -0.15) is 0 Å². The fraction of sp³-hybridized carbons (Fsp3) is 0.667. The van der Waals surface area contributed by atoms with E-state index in [4.69, 9.17) is 0 Å². The number of rotatable bonds is 5. The van der Waals surface area contributed by atoms with E-state index >= 15 is 0 Å². The largest absolute Gasteiger partial charge is 0.352 e. The summed E-state index contributed by atoms with van der Waals surface area (Å²) in [6.07, 6.45) is 4.36. The molecular formula is C21H32FN3O. The van der Waals surface area contributed by atoms with E-state index in [1.165, 1.54) is 25.0 Å². The maximum Gasteiger partial charge on any atom is 0.234 e. The summed E-state index contributed by atoms with van der Waals surface area (Å²) in [4.78, 5) is 17.0. The van der Waals surface area contributed by atoms with Gasteiger partial charge in [-0.3, -0.25) is 14.6 Å². The van der Waals surface area contributed by atoms with Crippen molar-refractivity contribution < 1.29 is 9.18 Å². The van der Waals surface area contributed by atoms with E-state index in [1.807, 2.05) is 12.1 Å². The molecule has 1 N–H and O–H groups in total. The SMILES string of the molecule is CC1CCN(CC(=O)NC2CCN(C(C)c3ccc(F)cc3)CC2)CC1. The monoisotopic (exact) mass is 361 g/mol. The van der Waals surface area contributed by atoms with Crippen LogP contribution in [0.2, 0.25) is 0 Å². The first-order chi connectivity index (χ1) is 12.5. The Labute approximate surface area is 156 Å². The quantitative estimate of drug-likeness (QED) is 0.875. The molecule has 1 aromatic carbocycles. The van der Waals surface area contributed by atoms with Crippen LogP contribution in [0.15, 0.2) is 24.3 Å². The van der Waals surface area contributed by atoms with E-state index in [-0.39, 0.29) is 23.8 Å². The first kappa shape index (κ1) is 19.3. The highest BCUT2D eigenvalue weighted by atomic mass is 19.1. The second-order valence-corrected chi connectivity index (χ2v) is 8.06. The van der Waals surface area contributed by atoms with Gasteiger partial charge in [0.1, 0.15) is 5.82 Å². The van der Waals surface area contributed by atoms with Gasteiger partial charge in [-0.15, -0.1) is 0 Å². The summed E-state index contributed by atoms with van der Waals surface area (Å²) in [5, 5.41) is 3.23. The molecule has 2 saturated heterocycles. The van der Waals surface area contributed by atoms with Crippen LogP contribution in [0.4, 0.5) is 4.39 Å². The number of amides is 1. The highest BCUT2D eigenvalue weighted by Crippen LogP contribution is 2.24. The van der Waals surface area contributed by atoms with Gasteiger partial charge in [0.05, 0.1) is 6.54 Å². The van der Waals surface area contributed by atoms with E-state index in [0.29, 0.717) is 6.54 Å².